The van der Waals surface area contributed by atoms with Crippen LogP contribution in [0.15, 0.2) is 35.8 Å². The van der Waals surface area contributed by atoms with E-state index in [0.717, 1.165) is 25.5 Å². The van der Waals surface area contributed by atoms with Crippen molar-refractivity contribution in [3.63, 3.8) is 0 Å². The highest BCUT2D eigenvalue weighted by molar-refractivity contribution is 7.09. The molecule has 2 heterocycles. The van der Waals surface area contributed by atoms with E-state index in [0.29, 0.717) is 0 Å². The molecule has 0 bridgehead atoms. The maximum atomic E-state index is 4.62. The van der Waals surface area contributed by atoms with Gasteiger partial charge in [-0.15, -0.1) is 11.3 Å². The maximum absolute atomic E-state index is 4.62. The molecule has 0 unspecified atom stereocenters. The minimum atomic E-state index is 0.132. The second-order valence-electron chi connectivity index (χ2n) is 6.22. The Morgan fingerprint density at radius 2 is 2.05 bits per heavy atom. The zero-order valence-corrected chi connectivity index (χ0v) is 14.2. The van der Waals surface area contributed by atoms with Gasteiger partial charge in [-0.1, -0.05) is 12.1 Å². The Labute approximate surface area is 132 Å². The first kappa shape index (κ1) is 16.0. The van der Waals surface area contributed by atoms with Crippen molar-refractivity contribution in [3.8, 4) is 0 Å². The summed E-state index contributed by atoms with van der Waals surface area (Å²) >= 11 is 1.80. The Morgan fingerprint density at radius 1 is 1.24 bits per heavy atom. The standard InChI is InChI=1S/C17H25N3S/c1-5-20(13-15-7-6-10-21-15)16-9-8-14(11-18-16)12-19-17(2,3)4/h6-11,19H,5,12-13H2,1-4H3. The second kappa shape index (κ2) is 7.05. The lowest BCUT2D eigenvalue weighted by Gasteiger charge is -2.22. The monoisotopic (exact) mass is 303 g/mol. The number of pyridine rings is 1. The van der Waals surface area contributed by atoms with Gasteiger partial charge < -0.3 is 10.2 Å². The van der Waals surface area contributed by atoms with Crippen LogP contribution in [0, 0.1) is 0 Å². The van der Waals surface area contributed by atoms with Crippen molar-refractivity contribution in [2.75, 3.05) is 11.4 Å². The van der Waals surface area contributed by atoms with Gasteiger partial charge >= 0.3 is 0 Å². The van der Waals surface area contributed by atoms with Crippen LogP contribution in [-0.4, -0.2) is 17.1 Å². The first-order valence-corrected chi connectivity index (χ1v) is 8.33. The Kier molecular flexibility index (Phi) is 5.37. The van der Waals surface area contributed by atoms with Gasteiger partial charge in [-0.2, -0.15) is 0 Å². The Morgan fingerprint density at radius 3 is 2.57 bits per heavy atom. The lowest BCUT2D eigenvalue weighted by Crippen LogP contribution is -2.35. The van der Waals surface area contributed by atoms with E-state index in [4.69, 9.17) is 0 Å². The van der Waals surface area contributed by atoms with Crippen molar-refractivity contribution >= 4 is 17.2 Å². The number of thiophene rings is 1. The average molecular weight is 303 g/mol. The van der Waals surface area contributed by atoms with Gasteiger partial charge in [0.1, 0.15) is 5.82 Å². The van der Waals surface area contributed by atoms with Gasteiger partial charge in [0.05, 0.1) is 6.54 Å². The van der Waals surface area contributed by atoms with Crippen molar-refractivity contribution in [1.82, 2.24) is 10.3 Å². The normalized spacial score (nSPS) is 11.6. The number of nitrogens with zero attached hydrogens (tertiary/aromatic N) is 2. The largest absolute Gasteiger partial charge is 0.352 e. The molecular weight excluding hydrogens is 278 g/mol. The van der Waals surface area contributed by atoms with Gasteiger partial charge in [0.15, 0.2) is 0 Å². The Balaban J connectivity index is 1.99. The van der Waals surface area contributed by atoms with Crippen molar-refractivity contribution in [3.05, 3.63) is 46.3 Å². The van der Waals surface area contributed by atoms with Gasteiger partial charge in [0.2, 0.25) is 0 Å². The summed E-state index contributed by atoms with van der Waals surface area (Å²) < 4.78 is 0. The molecule has 0 aliphatic carbocycles. The lowest BCUT2D eigenvalue weighted by atomic mass is 10.1. The number of nitrogens with one attached hydrogen (secondary N) is 1. The van der Waals surface area contributed by atoms with E-state index in [1.165, 1.54) is 10.4 Å². The van der Waals surface area contributed by atoms with Gasteiger partial charge in [-0.05, 0) is 50.8 Å². The van der Waals surface area contributed by atoms with E-state index in [9.17, 15) is 0 Å². The zero-order valence-electron chi connectivity index (χ0n) is 13.4. The predicted molar refractivity (Wildman–Crippen MR) is 91.9 cm³/mol. The molecule has 0 atom stereocenters. The van der Waals surface area contributed by atoms with Gasteiger partial charge in [0, 0.05) is 29.7 Å². The van der Waals surface area contributed by atoms with Crippen LogP contribution in [0.2, 0.25) is 0 Å². The van der Waals surface area contributed by atoms with E-state index < -0.39 is 0 Å². The first-order chi connectivity index (χ1) is 9.98. The van der Waals surface area contributed by atoms with E-state index in [-0.39, 0.29) is 5.54 Å². The molecule has 0 saturated heterocycles. The van der Waals surface area contributed by atoms with E-state index in [1.807, 2.05) is 6.20 Å². The van der Waals surface area contributed by atoms with Crippen LogP contribution in [0.1, 0.15) is 38.1 Å². The van der Waals surface area contributed by atoms with Gasteiger partial charge in [0.25, 0.3) is 0 Å². The molecule has 2 aromatic heterocycles. The first-order valence-electron chi connectivity index (χ1n) is 7.45. The third-order valence-corrected chi connectivity index (χ3v) is 4.13. The van der Waals surface area contributed by atoms with Crippen molar-refractivity contribution in [2.24, 2.45) is 0 Å². The van der Waals surface area contributed by atoms with Crippen LogP contribution < -0.4 is 10.2 Å². The van der Waals surface area contributed by atoms with Crippen LogP contribution >= 0.6 is 11.3 Å². The van der Waals surface area contributed by atoms with Crippen LogP contribution in [-0.2, 0) is 13.1 Å². The number of hydrogen-bond donors (Lipinski definition) is 1. The molecule has 2 rings (SSSR count). The Bertz CT molecular complexity index is 526. The van der Waals surface area contributed by atoms with Crippen molar-refractivity contribution in [1.29, 1.82) is 0 Å². The summed E-state index contributed by atoms with van der Waals surface area (Å²) in [6.07, 6.45) is 1.98. The quantitative estimate of drug-likeness (QED) is 0.872. The SMILES string of the molecule is CCN(Cc1cccs1)c1ccc(CNC(C)(C)C)cn1. The molecule has 1 N–H and O–H groups in total. The molecule has 0 fully saturated rings. The van der Waals surface area contributed by atoms with E-state index >= 15 is 0 Å². The molecule has 3 nitrogen and oxygen atoms in total. The molecule has 2 aromatic rings. The smallest absolute Gasteiger partial charge is 0.128 e. The molecule has 114 valence electrons. The molecule has 0 spiro atoms. The fourth-order valence-electron chi connectivity index (χ4n) is 2.02. The van der Waals surface area contributed by atoms with Crippen molar-refractivity contribution in [2.45, 2.75) is 46.3 Å². The number of anilines is 1. The molecule has 21 heavy (non-hydrogen) atoms. The molecule has 4 heteroatoms. The molecule has 0 aromatic carbocycles. The minimum Gasteiger partial charge on any atom is -0.352 e. The summed E-state index contributed by atoms with van der Waals surface area (Å²) in [5.74, 6) is 1.05. The van der Waals surface area contributed by atoms with Gasteiger partial charge in [-0.3, -0.25) is 0 Å². The summed E-state index contributed by atoms with van der Waals surface area (Å²) in [5, 5.41) is 5.61. The molecule has 0 aliphatic heterocycles. The van der Waals surface area contributed by atoms with Gasteiger partial charge in [-0.25, -0.2) is 4.98 Å². The summed E-state index contributed by atoms with van der Waals surface area (Å²) in [5.41, 5.74) is 1.36. The van der Waals surface area contributed by atoms with Crippen LogP contribution in [0.3, 0.4) is 0 Å². The topological polar surface area (TPSA) is 28.2 Å². The number of hydrogen-bond acceptors (Lipinski definition) is 4. The molecule has 0 amide bonds. The van der Waals surface area contributed by atoms with Crippen molar-refractivity contribution < 1.29 is 0 Å². The fourth-order valence-corrected chi connectivity index (χ4v) is 2.74. The van der Waals surface area contributed by atoms with E-state index in [2.05, 4.69) is 72.5 Å². The molecular formula is C17H25N3S. The maximum Gasteiger partial charge on any atom is 0.128 e. The zero-order chi connectivity index (χ0) is 15.3. The average Bonchev–Trinajstić information content (AvgIpc) is 2.95. The highest BCUT2D eigenvalue weighted by Crippen LogP contribution is 2.18. The third-order valence-electron chi connectivity index (χ3n) is 3.26. The minimum absolute atomic E-state index is 0.132. The van der Waals surface area contributed by atoms with Crippen LogP contribution in [0.5, 0.6) is 0 Å². The fraction of sp³-hybridized carbons (Fsp3) is 0.471. The Hall–Kier alpha value is -1.39. The molecule has 0 saturated carbocycles. The van der Waals surface area contributed by atoms with Crippen LogP contribution in [0.4, 0.5) is 5.82 Å². The summed E-state index contributed by atoms with van der Waals surface area (Å²) in [6.45, 7) is 11.4. The second-order valence-corrected chi connectivity index (χ2v) is 7.25. The number of rotatable bonds is 6. The highest BCUT2D eigenvalue weighted by atomic mass is 32.1. The number of aromatic nitrogens is 1. The predicted octanol–water partition coefficient (Wildman–Crippen LogP) is 4.06. The van der Waals surface area contributed by atoms with E-state index in [1.54, 1.807) is 11.3 Å². The summed E-state index contributed by atoms with van der Waals surface area (Å²) in [4.78, 5) is 8.29. The summed E-state index contributed by atoms with van der Waals surface area (Å²) in [7, 11) is 0. The third kappa shape index (κ3) is 5.14. The summed E-state index contributed by atoms with van der Waals surface area (Å²) in [6, 6.07) is 8.56. The highest BCUT2D eigenvalue weighted by Gasteiger charge is 2.10. The lowest BCUT2D eigenvalue weighted by molar-refractivity contribution is 0.424. The van der Waals surface area contributed by atoms with Crippen LogP contribution in [0.25, 0.3) is 0 Å². The molecule has 0 aliphatic rings. The molecule has 0 radical (unpaired) electrons.